The van der Waals surface area contributed by atoms with Crippen LogP contribution in [0.25, 0.3) is 17.1 Å². The van der Waals surface area contributed by atoms with Gasteiger partial charge in [-0.25, -0.2) is 9.48 Å². The van der Waals surface area contributed by atoms with Crippen LogP contribution in [0.5, 0.6) is 11.5 Å². The van der Waals surface area contributed by atoms with Gasteiger partial charge in [0.15, 0.2) is 28.8 Å². The van der Waals surface area contributed by atoms with Gasteiger partial charge in [0.05, 0.1) is 0 Å². The minimum atomic E-state index is -0.419. The molecule has 5 rings (SSSR count). The topological polar surface area (TPSA) is 114 Å². The predicted octanol–water partition coefficient (Wildman–Crippen LogP) is 1.47. The zero-order valence-electron chi connectivity index (χ0n) is 14.7. The van der Waals surface area contributed by atoms with Crippen molar-refractivity contribution in [2.75, 3.05) is 6.79 Å². The number of carbonyl (C=O) groups excluding carboxylic acids is 1. The zero-order chi connectivity index (χ0) is 19.3. The van der Waals surface area contributed by atoms with Gasteiger partial charge >= 0.3 is 5.69 Å². The van der Waals surface area contributed by atoms with E-state index < -0.39 is 5.69 Å². The summed E-state index contributed by atoms with van der Waals surface area (Å²) in [6.07, 6.45) is 1.56. The third-order valence-corrected chi connectivity index (χ3v) is 4.35. The molecular formula is C18H13N5O5. The van der Waals surface area contributed by atoms with E-state index in [1.807, 2.05) is 0 Å². The normalized spacial score (nSPS) is 12.6. The highest BCUT2D eigenvalue weighted by Crippen LogP contribution is 2.32. The Morgan fingerprint density at radius 1 is 1.18 bits per heavy atom. The lowest BCUT2D eigenvalue weighted by molar-refractivity contribution is 0.0966. The van der Waals surface area contributed by atoms with Gasteiger partial charge in [0, 0.05) is 17.3 Å². The summed E-state index contributed by atoms with van der Waals surface area (Å²) in [5, 5.41) is 7.99. The molecule has 1 aliphatic heterocycles. The third-order valence-electron chi connectivity index (χ3n) is 4.35. The van der Waals surface area contributed by atoms with Crippen LogP contribution in [0.3, 0.4) is 0 Å². The summed E-state index contributed by atoms with van der Waals surface area (Å²) in [5.41, 5.74) is 0.997. The first kappa shape index (κ1) is 16.2. The van der Waals surface area contributed by atoms with E-state index in [4.69, 9.17) is 14.0 Å². The van der Waals surface area contributed by atoms with Crippen molar-refractivity contribution in [3.63, 3.8) is 0 Å². The number of aryl methyl sites for hydroxylation is 1. The number of benzene rings is 1. The van der Waals surface area contributed by atoms with Crippen LogP contribution in [-0.2, 0) is 6.54 Å². The van der Waals surface area contributed by atoms with Crippen LogP contribution in [0, 0.1) is 6.92 Å². The molecule has 3 aromatic heterocycles. The molecule has 10 nitrogen and oxygen atoms in total. The number of carbonyl (C=O) groups is 1. The van der Waals surface area contributed by atoms with Crippen LogP contribution in [-0.4, -0.2) is 36.9 Å². The Morgan fingerprint density at radius 3 is 2.86 bits per heavy atom. The van der Waals surface area contributed by atoms with Gasteiger partial charge < -0.3 is 14.0 Å². The van der Waals surface area contributed by atoms with Gasteiger partial charge in [0.2, 0.25) is 6.79 Å². The van der Waals surface area contributed by atoms with Gasteiger partial charge in [-0.05, 0) is 37.3 Å². The van der Waals surface area contributed by atoms with Gasteiger partial charge in [-0.1, -0.05) is 5.16 Å². The van der Waals surface area contributed by atoms with Crippen molar-refractivity contribution >= 4 is 11.4 Å². The lowest BCUT2D eigenvalue weighted by Gasteiger charge is -2.02. The summed E-state index contributed by atoms with van der Waals surface area (Å²) in [6, 6.07) is 8.22. The van der Waals surface area contributed by atoms with E-state index >= 15 is 0 Å². The second-order valence-electron chi connectivity index (χ2n) is 6.22. The van der Waals surface area contributed by atoms with E-state index in [2.05, 4.69) is 15.2 Å². The van der Waals surface area contributed by atoms with E-state index in [1.165, 1.54) is 4.40 Å². The predicted molar refractivity (Wildman–Crippen MR) is 94.4 cm³/mol. The fraction of sp³-hybridized carbons (Fsp3) is 0.167. The minimum Gasteiger partial charge on any atom is -0.454 e. The van der Waals surface area contributed by atoms with Crippen LogP contribution in [0.4, 0.5) is 0 Å². The molecule has 140 valence electrons. The van der Waals surface area contributed by atoms with Crippen molar-refractivity contribution in [1.29, 1.82) is 0 Å². The molecule has 4 heterocycles. The fourth-order valence-corrected chi connectivity index (χ4v) is 2.97. The quantitative estimate of drug-likeness (QED) is 0.490. The Morgan fingerprint density at radius 2 is 2.04 bits per heavy atom. The van der Waals surface area contributed by atoms with Crippen LogP contribution in [0.15, 0.2) is 45.8 Å². The Bertz CT molecular complexity index is 1290. The summed E-state index contributed by atoms with van der Waals surface area (Å²) >= 11 is 0. The average molecular weight is 379 g/mol. The van der Waals surface area contributed by atoms with Crippen molar-refractivity contribution in [2.24, 2.45) is 0 Å². The van der Waals surface area contributed by atoms with E-state index in [1.54, 1.807) is 43.5 Å². The molecular weight excluding hydrogens is 366 g/mol. The molecule has 0 bridgehead atoms. The molecule has 0 atom stereocenters. The van der Waals surface area contributed by atoms with Gasteiger partial charge in [-0.3, -0.25) is 9.20 Å². The highest BCUT2D eigenvalue weighted by atomic mass is 16.7. The molecule has 0 spiro atoms. The van der Waals surface area contributed by atoms with Crippen molar-refractivity contribution in [1.82, 2.24) is 24.3 Å². The van der Waals surface area contributed by atoms with Crippen LogP contribution in [0.1, 0.15) is 16.2 Å². The number of pyridine rings is 1. The molecule has 0 amide bonds. The first-order valence-corrected chi connectivity index (χ1v) is 8.41. The number of ketones is 1. The highest BCUT2D eigenvalue weighted by molar-refractivity contribution is 5.96. The first-order chi connectivity index (χ1) is 13.6. The molecule has 0 aliphatic carbocycles. The summed E-state index contributed by atoms with van der Waals surface area (Å²) in [5.74, 6) is 1.67. The van der Waals surface area contributed by atoms with Crippen LogP contribution >= 0.6 is 0 Å². The molecule has 0 unspecified atom stereocenters. The van der Waals surface area contributed by atoms with Crippen LogP contribution in [0.2, 0.25) is 0 Å². The maximum atomic E-state index is 12.6. The number of ether oxygens (including phenoxy) is 2. The Hall–Kier alpha value is -3.95. The highest BCUT2D eigenvalue weighted by Gasteiger charge is 2.18. The smallest absolute Gasteiger partial charge is 0.350 e. The van der Waals surface area contributed by atoms with Gasteiger partial charge in [0.25, 0.3) is 5.89 Å². The Balaban J connectivity index is 1.46. The molecule has 1 aliphatic rings. The third kappa shape index (κ3) is 2.62. The molecule has 0 fully saturated rings. The van der Waals surface area contributed by atoms with Crippen molar-refractivity contribution in [2.45, 2.75) is 13.5 Å². The maximum absolute atomic E-state index is 12.6. The maximum Gasteiger partial charge on any atom is 0.350 e. The van der Waals surface area contributed by atoms with E-state index in [0.717, 1.165) is 4.68 Å². The summed E-state index contributed by atoms with van der Waals surface area (Å²) < 4.78 is 18.1. The van der Waals surface area contributed by atoms with Gasteiger partial charge in [-0.2, -0.15) is 4.98 Å². The molecule has 1 aromatic carbocycles. The molecule has 4 aromatic rings. The second-order valence-corrected chi connectivity index (χ2v) is 6.22. The lowest BCUT2D eigenvalue weighted by atomic mass is 10.1. The Labute approximate surface area is 156 Å². The summed E-state index contributed by atoms with van der Waals surface area (Å²) in [4.78, 5) is 29.3. The molecule has 10 heteroatoms. The fourth-order valence-electron chi connectivity index (χ4n) is 2.97. The van der Waals surface area contributed by atoms with Crippen molar-refractivity contribution in [3.05, 3.63) is 58.4 Å². The number of aromatic nitrogens is 5. The summed E-state index contributed by atoms with van der Waals surface area (Å²) in [7, 11) is 0. The number of hydrogen-bond acceptors (Lipinski definition) is 8. The molecule has 0 saturated heterocycles. The van der Waals surface area contributed by atoms with E-state index in [9.17, 15) is 9.59 Å². The average Bonchev–Trinajstić information content (AvgIpc) is 3.40. The van der Waals surface area contributed by atoms with E-state index in [-0.39, 0.29) is 19.1 Å². The van der Waals surface area contributed by atoms with Crippen molar-refractivity contribution in [3.8, 4) is 23.0 Å². The SMILES string of the molecule is Cc1noc(-c2ccn3c(=O)n(CC(=O)c4ccc5c(c4)OCO5)nc3c2)n1. The number of Topliss-reactive ketones (excluding diaryl/α,β-unsaturated/α-hetero) is 1. The number of hydrogen-bond donors (Lipinski definition) is 0. The summed E-state index contributed by atoms with van der Waals surface area (Å²) in [6.45, 7) is 1.64. The number of rotatable bonds is 4. The monoisotopic (exact) mass is 379 g/mol. The number of fused-ring (bicyclic) bond motifs is 2. The Kier molecular flexibility index (Phi) is 3.51. The van der Waals surface area contributed by atoms with Crippen molar-refractivity contribution < 1.29 is 18.8 Å². The minimum absolute atomic E-state index is 0.126. The molecule has 0 radical (unpaired) electrons. The van der Waals surface area contributed by atoms with E-state index in [0.29, 0.717) is 40.0 Å². The first-order valence-electron chi connectivity index (χ1n) is 8.41. The zero-order valence-corrected chi connectivity index (χ0v) is 14.7. The molecule has 0 N–H and O–H groups in total. The van der Waals surface area contributed by atoms with Gasteiger partial charge in [-0.15, -0.1) is 5.10 Å². The van der Waals surface area contributed by atoms with Gasteiger partial charge in [0.1, 0.15) is 6.54 Å². The van der Waals surface area contributed by atoms with Crippen LogP contribution < -0.4 is 15.2 Å². The lowest BCUT2D eigenvalue weighted by Crippen LogP contribution is -2.25. The molecule has 28 heavy (non-hydrogen) atoms. The molecule has 0 saturated carbocycles. The second kappa shape index (κ2) is 6.05. The standard InChI is InChI=1S/C18H13N5O5/c1-10-19-17(28-21-10)12-4-5-22-16(7-12)20-23(18(22)25)8-13(24)11-2-3-14-15(6-11)27-9-26-14/h2-7H,8-9H2,1H3. The number of nitrogens with zero attached hydrogens (tertiary/aromatic N) is 5. The largest absolute Gasteiger partial charge is 0.454 e.